The van der Waals surface area contributed by atoms with Crippen LogP contribution < -0.4 is 0 Å². The molecule has 0 heterocycles. The highest BCUT2D eigenvalue weighted by Gasteiger charge is 1.61. The van der Waals surface area contributed by atoms with Gasteiger partial charge in [0.15, 0.2) is 0 Å². The molecule has 0 amide bonds. The minimum absolute atomic E-state index is 1.61. The first-order chi connectivity index (χ1) is 1.73. The van der Waals surface area contributed by atoms with Gasteiger partial charge in [0, 0.05) is 0 Å². The molecule has 0 aliphatic rings. The van der Waals surface area contributed by atoms with E-state index in [2.05, 4.69) is 20.8 Å². The fourth-order valence-electron chi connectivity index (χ4n) is 0. The van der Waals surface area contributed by atoms with E-state index in [-0.39, 0.29) is 0 Å². The maximum Gasteiger partial charge on any atom is 0.134 e. The van der Waals surface area contributed by atoms with Crippen LogP contribution in [0, 0.1) is 0 Å². The average Bonchev–Trinajstić information content (AvgIpc) is 0.811. The largest absolute Gasteiger partial charge is 0.355 e. The van der Waals surface area contributed by atoms with Gasteiger partial charge in [-0.15, -0.1) is 0 Å². The number of hydrogen-bond acceptors (Lipinski definition) is 1. The Balaban J connectivity index is 2.32. The van der Waals surface area contributed by atoms with Crippen molar-refractivity contribution >= 4 is 20.8 Å². The molecule has 0 bridgehead atoms. The maximum absolute atomic E-state index is 3.06. The maximum atomic E-state index is 3.06. The first-order valence-corrected chi connectivity index (χ1v) is 1.79. The summed E-state index contributed by atoms with van der Waals surface area (Å²) in [4.78, 5) is 0. The van der Waals surface area contributed by atoms with Crippen molar-refractivity contribution in [1.29, 1.82) is 0 Å². The summed E-state index contributed by atoms with van der Waals surface area (Å²) in [7, 11) is 7.94. The monoisotopic (exact) mass is 85.0 g/mol. The van der Waals surface area contributed by atoms with Gasteiger partial charge in [-0.2, -0.15) is 0 Å². The molecule has 0 aliphatic carbocycles. The third kappa shape index (κ3) is 30.0. The molecule has 6 radical (unpaired) electrons. The molecule has 3 heteroatoms. The Labute approximate surface area is 33.0 Å². The first-order valence-electron chi connectivity index (χ1n) is 0.894. The van der Waals surface area contributed by atoms with E-state index in [0.717, 1.165) is 0 Å². The highest BCUT2D eigenvalue weighted by Crippen LogP contribution is 1.41. The van der Waals surface area contributed by atoms with Crippen molar-refractivity contribution in [2.75, 3.05) is 7.05 Å². The number of rotatable bonds is 0. The van der Waals surface area contributed by atoms with Gasteiger partial charge in [-0.1, -0.05) is 0 Å². The minimum atomic E-state index is 1.61. The Morgan fingerprint density at radius 3 is 1.50 bits per heavy atom. The summed E-state index contributed by atoms with van der Waals surface area (Å²) in [6.07, 6.45) is 0. The van der Waals surface area contributed by atoms with E-state index in [1.807, 2.05) is 7.05 Å². The molecule has 0 fully saturated rings. The molecule has 0 unspecified atom stereocenters. The molecule has 0 saturated heterocycles. The molecule has 0 rings (SSSR count). The van der Waals surface area contributed by atoms with Crippen molar-refractivity contribution in [2.24, 2.45) is 0 Å². The third-order valence-electron chi connectivity index (χ3n) is 0. The molecule has 0 aliphatic heterocycles. The number of hydrogen-bond donors (Lipinski definition) is 0. The molecule has 20 valence electrons. The SMILES string of the molecule is CN([Si])[Si]. The Bertz CT molecular complexity index is 10.8. The molecule has 0 aromatic rings. The van der Waals surface area contributed by atoms with Crippen molar-refractivity contribution in [1.82, 2.24) is 4.23 Å². The van der Waals surface area contributed by atoms with E-state index >= 15 is 0 Å². The fraction of sp³-hybridized carbons (Fsp3) is 1.00. The standard InChI is InChI=1S/CH3NSi2/c1-2(3)4/h1H3. The summed E-state index contributed by atoms with van der Waals surface area (Å²) in [5.74, 6) is 0. The van der Waals surface area contributed by atoms with Crippen LogP contribution in [0.4, 0.5) is 0 Å². The Hall–Kier alpha value is 0.394. The smallest absolute Gasteiger partial charge is 0.134 e. The zero-order chi connectivity index (χ0) is 3.58. The Morgan fingerprint density at radius 2 is 1.50 bits per heavy atom. The van der Waals surface area contributed by atoms with E-state index in [4.69, 9.17) is 0 Å². The highest BCUT2D eigenvalue weighted by atomic mass is 28.2. The lowest BCUT2D eigenvalue weighted by Crippen LogP contribution is -2.05. The summed E-state index contributed by atoms with van der Waals surface area (Å²) in [5.41, 5.74) is 0. The topological polar surface area (TPSA) is 3.24 Å². The van der Waals surface area contributed by atoms with E-state index < -0.39 is 0 Å². The van der Waals surface area contributed by atoms with Crippen molar-refractivity contribution in [3.05, 3.63) is 0 Å². The van der Waals surface area contributed by atoms with E-state index in [9.17, 15) is 0 Å². The predicted molar refractivity (Wildman–Crippen MR) is 19.3 cm³/mol. The molecule has 0 saturated carbocycles. The van der Waals surface area contributed by atoms with Gasteiger partial charge < -0.3 is 4.23 Å². The second-order valence-electron chi connectivity index (χ2n) is 0.559. The zero-order valence-corrected chi connectivity index (χ0v) is 4.45. The van der Waals surface area contributed by atoms with Crippen molar-refractivity contribution in [3.63, 3.8) is 0 Å². The molecular formula is CH3NSi2. The zero-order valence-electron chi connectivity index (χ0n) is 2.45. The molecule has 0 N–H and O–H groups in total. The summed E-state index contributed by atoms with van der Waals surface area (Å²) >= 11 is 0. The summed E-state index contributed by atoms with van der Waals surface area (Å²) in [5, 5.41) is 0. The normalized spacial score (nSPS) is 9.00. The third-order valence-corrected chi connectivity index (χ3v) is 0. The van der Waals surface area contributed by atoms with Gasteiger partial charge in [0.05, 0.1) is 0 Å². The molecule has 4 heavy (non-hydrogen) atoms. The Kier molecular flexibility index (Phi) is 1.85. The van der Waals surface area contributed by atoms with Crippen LogP contribution in [0.15, 0.2) is 0 Å². The van der Waals surface area contributed by atoms with Gasteiger partial charge in [-0.25, -0.2) is 0 Å². The van der Waals surface area contributed by atoms with Gasteiger partial charge in [0.25, 0.3) is 0 Å². The molecular weight excluding hydrogens is 82.2 g/mol. The van der Waals surface area contributed by atoms with E-state index in [1.54, 1.807) is 4.23 Å². The molecule has 0 atom stereocenters. The first kappa shape index (κ1) is 4.39. The second-order valence-corrected chi connectivity index (χ2v) is 2.35. The minimum Gasteiger partial charge on any atom is -0.355 e. The van der Waals surface area contributed by atoms with Crippen molar-refractivity contribution < 1.29 is 0 Å². The highest BCUT2D eigenvalue weighted by molar-refractivity contribution is 6.24. The number of nitrogens with zero attached hydrogens (tertiary/aromatic N) is 1. The van der Waals surface area contributed by atoms with Crippen LogP contribution in [0.25, 0.3) is 0 Å². The fourth-order valence-corrected chi connectivity index (χ4v) is 0. The van der Waals surface area contributed by atoms with Gasteiger partial charge in [0.1, 0.15) is 20.8 Å². The van der Waals surface area contributed by atoms with Crippen LogP contribution in [0.2, 0.25) is 0 Å². The lowest BCUT2D eigenvalue weighted by atomic mass is 11.6. The van der Waals surface area contributed by atoms with Crippen LogP contribution in [0.1, 0.15) is 0 Å². The van der Waals surface area contributed by atoms with Gasteiger partial charge in [-0.05, 0) is 7.05 Å². The molecule has 0 aromatic carbocycles. The van der Waals surface area contributed by atoms with Crippen LogP contribution in [-0.4, -0.2) is 32.1 Å². The van der Waals surface area contributed by atoms with Crippen LogP contribution >= 0.6 is 0 Å². The lowest BCUT2D eigenvalue weighted by Gasteiger charge is -1.88. The van der Waals surface area contributed by atoms with Crippen molar-refractivity contribution in [3.8, 4) is 0 Å². The van der Waals surface area contributed by atoms with Crippen molar-refractivity contribution in [2.45, 2.75) is 0 Å². The van der Waals surface area contributed by atoms with Crippen LogP contribution in [0.3, 0.4) is 0 Å². The van der Waals surface area contributed by atoms with E-state index in [0.29, 0.717) is 0 Å². The average molecular weight is 85.2 g/mol. The molecule has 0 aromatic heterocycles. The summed E-state index contributed by atoms with van der Waals surface area (Å²) < 4.78 is 1.61. The summed E-state index contributed by atoms with van der Waals surface area (Å²) in [6.45, 7) is 0. The van der Waals surface area contributed by atoms with Gasteiger partial charge >= 0.3 is 0 Å². The van der Waals surface area contributed by atoms with Gasteiger partial charge in [0.2, 0.25) is 0 Å². The quantitative estimate of drug-likeness (QED) is 0.344. The predicted octanol–water partition coefficient (Wildman–Crippen LogP) is -0.915. The molecule has 1 nitrogen and oxygen atoms in total. The lowest BCUT2D eigenvalue weighted by molar-refractivity contribution is 0.891. The second kappa shape index (κ2) is 1.69. The summed E-state index contributed by atoms with van der Waals surface area (Å²) in [6, 6.07) is 0. The van der Waals surface area contributed by atoms with Crippen LogP contribution in [0.5, 0.6) is 0 Å². The van der Waals surface area contributed by atoms with Gasteiger partial charge in [-0.3, -0.25) is 0 Å². The molecule has 0 spiro atoms. The van der Waals surface area contributed by atoms with E-state index in [1.165, 1.54) is 0 Å². The van der Waals surface area contributed by atoms with Crippen LogP contribution in [-0.2, 0) is 0 Å². The Morgan fingerprint density at radius 1 is 1.50 bits per heavy atom.